The highest BCUT2D eigenvalue weighted by molar-refractivity contribution is 7.91. The summed E-state index contributed by atoms with van der Waals surface area (Å²) in [6.45, 7) is 0. The van der Waals surface area contributed by atoms with E-state index in [0.717, 1.165) is 24.3 Å². The molecule has 1 aromatic heterocycles. The van der Waals surface area contributed by atoms with Gasteiger partial charge >= 0.3 is 6.18 Å². The van der Waals surface area contributed by atoms with Gasteiger partial charge in [-0.15, -0.1) is 0 Å². The van der Waals surface area contributed by atoms with Gasteiger partial charge in [0, 0.05) is 18.3 Å². The third kappa shape index (κ3) is 3.42. The number of nitro groups is 1. The first-order chi connectivity index (χ1) is 10.5. The van der Waals surface area contributed by atoms with Gasteiger partial charge in [-0.3, -0.25) is 10.1 Å². The summed E-state index contributed by atoms with van der Waals surface area (Å²) in [5.74, 6) is 0. The first-order valence-electron chi connectivity index (χ1n) is 5.76. The Morgan fingerprint density at radius 2 is 1.74 bits per heavy atom. The Balaban J connectivity index is 2.49. The SMILES string of the molecule is O=[N+]([O-])c1ccc(S(=O)(=O)c2ncc(C(F)(F)F)cc2Cl)cc1. The van der Waals surface area contributed by atoms with Crippen LogP contribution in [0.4, 0.5) is 18.9 Å². The van der Waals surface area contributed by atoms with Crippen molar-refractivity contribution in [2.75, 3.05) is 0 Å². The lowest BCUT2D eigenvalue weighted by Crippen LogP contribution is -2.10. The van der Waals surface area contributed by atoms with Crippen LogP contribution >= 0.6 is 11.6 Å². The number of hydrogen-bond acceptors (Lipinski definition) is 5. The Hall–Kier alpha value is -2.20. The highest BCUT2D eigenvalue weighted by Gasteiger charge is 2.33. The predicted molar refractivity (Wildman–Crippen MR) is 72.8 cm³/mol. The molecule has 0 atom stereocenters. The molecule has 0 spiro atoms. The van der Waals surface area contributed by atoms with E-state index in [1.54, 1.807) is 0 Å². The van der Waals surface area contributed by atoms with E-state index in [1.807, 2.05) is 0 Å². The van der Waals surface area contributed by atoms with E-state index in [9.17, 15) is 31.7 Å². The van der Waals surface area contributed by atoms with Gasteiger partial charge in [-0.2, -0.15) is 13.2 Å². The van der Waals surface area contributed by atoms with E-state index < -0.39 is 36.5 Å². The van der Waals surface area contributed by atoms with Crippen LogP contribution in [0.3, 0.4) is 0 Å². The minimum atomic E-state index is -4.72. The molecule has 0 radical (unpaired) electrons. The molecule has 0 aliphatic rings. The smallest absolute Gasteiger partial charge is 0.258 e. The van der Waals surface area contributed by atoms with Crippen molar-refractivity contribution in [2.24, 2.45) is 0 Å². The second kappa shape index (κ2) is 5.78. The Labute approximate surface area is 132 Å². The summed E-state index contributed by atoms with van der Waals surface area (Å²) < 4.78 is 62.2. The minimum Gasteiger partial charge on any atom is -0.258 e. The number of non-ortho nitro benzene ring substituents is 1. The molecule has 1 aromatic carbocycles. The molecule has 0 saturated carbocycles. The van der Waals surface area contributed by atoms with Crippen LogP contribution in [0.15, 0.2) is 46.5 Å². The standard InChI is InChI=1S/C12H6ClF3N2O4S/c13-10-5-7(12(14,15)16)6-17-11(10)23(21,22)9-3-1-8(2-4-9)18(19)20/h1-6H. The van der Waals surface area contributed by atoms with Crippen LogP contribution in [0, 0.1) is 10.1 Å². The van der Waals surface area contributed by atoms with E-state index in [0.29, 0.717) is 12.3 Å². The molecule has 0 aliphatic carbocycles. The summed E-state index contributed by atoms with van der Waals surface area (Å²) >= 11 is 5.60. The quantitative estimate of drug-likeness (QED) is 0.612. The fourth-order valence-electron chi connectivity index (χ4n) is 1.64. The molecule has 0 fully saturated rings. The Morgan fingerprint density at radius 1 is 1.17 bits per heavy atom. The highest BCUT2D eigenvalue weighted by Crippen LogP contribution is 2.33. The van der Waals surface area contributed by atoms with Gasteiger partial charge in [-0.25, -0.2) is 13.4 Å². The lowest BCUT2D eigenvalue weighted by Gasteiger charge is -2.09. The highest BCUT2D eigenvalue weighted by atomic mass is 35.5. The number of sulfone groups is 1. The molecule has 11 heteroatoms. The molecule has 0 amide bonds. The third-order valence-electron chi connectivity index (χ3n) is 2.75. The molecule has 0 bridgehead atoms. The molecule has 0 unspecified atom stereocenters. The molecule has 0 saturated heterocycles. The van der Waals surface area contributed by atoms with Crippen LogP contribution in [0.25, 0.3) is 0 Å². The maximum atomic E-state index is 12.5. The molecule has 6 nitrogen and oxygen atoms in total. The zero-order valence-electron chi connectivity index (χ0n) is 10.9. The van der Waals surface area contributed by atoms with Crippen LogP contribution in [-0.2, 0) is 16.0 Å². The number of hydrogen-bond donors (Lipinski definition) is 0. The third-order valence-corrected chi connectivity index (χ3v) is 4.87. The maximum Gasteiger partial charge on any atom is 0.417 e. The van der Waals surface area contributed by atoms with Gasteiger partial charge in [0.05, 0.1) is 20.4 Å². The Kier molecular flexibility index (Phi) is 4.31. The van der Waals surface area contributed by atoms with E-state index in [2.05, 4.69) is 4.98 Å². The van der Waals surface area contributed by atoms with Gasteiger partial charge in [0.1, 0.15) is 0 Å². The molecule has 2 aromatic rings. The van der Waals surface area contributed by atoms with Crippen molar-refractivity contribution in [3.8, 4) is 0 Å². The molecule has 23 heavy (non-hydrogen) atoms. The Morgan fingerprint density at radius 3 is 2.17 bits per heavy atom. The fourth-order valence-corrected chi connectivity index (χ4v) is 3.33. The second-order valence-electron chi connectivity index (χ2n) is 4.26. The van der Waals surface area contributed by atoms with Crippen LogP contribution in [0.1, 0.15) is 5.56 Å². The van der Waals surface area contributed by atoms with E-state index in [4.69, 9.17) is 11.6 Å². The summed E-state index contributed by atoms with van der Waals surface area (Å²) in [6, 6.07) is 4.24. The number of nitrogens with zero attached hydrogens (tertiary/aromatic N) is 2. The monoisotopic (exact) mass is 366 g/mol. The van der Waals surface area contributed by atoms with Gasteiger partial charge in [-0.05, 0) is 18.2 Å². The normalized spacial score (nSPS) is 12.2. The van der Waals surface area contributed by atoms with E-state index >= 15 is 0 Å². The van der Waals surface area contributed by atoms with Crippen LogP contribution in [0.2, 0.25) is 5.02 Å². The van der Waals surface area contributed by atoms with Crippen LogP contribution < -0.4 is 0 Å². The van der Waals surface area contributed by atoms with Crippen molar-refractivity contribution in [1.82, 2.24) is 4.98 Å². The number of rotatable bonds is 3. The zero-order chi connectivity index (χ0) is 17.4. The average molecular weight is 367 g/mol. The largest absolute Gasteiger partial charge is 0.417 e. The van der Waals surface area contributed by atoms with Crippen LogP contribution in [-0.4, -0.2) is 18.3 Å². The first kappa shape index (κ1) is 17.2. The van der Waals surface area contributed by atoms with Gasteiger partial charge in [0.25, 0.3) is 5.69 Å². The van der Waals surface area contributed by atoms with Gasteiger partial charge in [0.15, 0.2) is 5.03 Å². The summed E-state index contributed by atoms with van der Waals surface area (Å²) in [5, 5.41) is 9.07. The van der Waals surface area contributed by atoms with Crippen molar-refractivity contribution in [3.63, 3.8) is 0 Å². The molecule has 122 valence electrons. The lowest BCUT2D eigenvalue weighted by molar-refractivity contribution is -0.384. The Bertz CT molecular complexity index is 867. The average Bonchev–Trinajstić information content (AvgIpc) is 2.46. The van der Waals surface area contributed by atoms with Crippen molar-refractivity contribution in [3.05, 3.63) is 57.2 Å². The molecular formula is C12H6ClF3N2O4S. The number of aromatic nitrogens is 1. The molecular weight excluding hydrogens is 361 g/mol. The van der Waals surface area contributed by atoms with E-state index in [-0.39, 0.29) is 10.6 Å². The van der Waals surface area contributed by atoms with Crippen LogP contribution in [0.5, 0.6) is 0 Å². The molecule has 0 aliphatic heterocycles. The van der Waals surface area contributed by atoms with Gasteiger partial charge < -0.3 is 0 Å². The van der Waals surface area contributed by atoms with E-state index in [1.165, 1.54) is 0 Å². The molecule has 1 heterocycles. The number of halogens is 4. The summed E-state index contributed by atoms with van der Waals surface area (Å²) in [7, 11) is -4.31. The number of alkyl halides is 3. The number of nitro benzene ring substituents is 1. The number of benzene rings is 1. The zero-order valence-corrected chi connectivity index (χ0v) is 12.5. The molecule has 0 N–H and O–H groups in total. The van der Waals surface area contributed by atoms with Gasteiger partial charge in [0.2, 0.25) is 9.84 Å². The first-order valence-corrected chi connectivity index (χ1v) is 7.62. The fraction of sp³-hybridized carbons (Fsp3) is 0.0833. The minimum absolute atomic E-state index is 0.338. The second-order valence-corrected chi connectivity index (χ2v) is 6.54. The van der Waals surface area contributed by atoms with Gasteiger partial charge in [-0.1, -0.05) is 11.6 Å². The maximum absolute atomic E-state index is 12.5. The summed E-state index contributed by atoms with van der Waals surface area (Å²) in [5.41, 5.74) is -1.53. The summed E-state index contributed by atoms with van der Waals surface area (Å²) in [6.07, 6.45) is -4.36. The summed E-state index contributed by atoms with van der Waals surface area (Å²) in [4.78, 5) is 12.7. The van der Waals surface area contributed by atoms with Crippen molar-refractivity contribution >= 4 is 27.1 Å². The number of pyridine rings is 1. The topological polar surface area (TPSA) is 90.2 Å². The predicted octanol–water partition coefficient (Wildman–Crippen LogP) is 3.49. The van der Waals surface area contributed by atoms with Crippen molar-refractivity contribution in [1.29, 1.82) is 0 Å². The molecule has 2 rings (SSSR count). The lowest BCUT2D eigenvalue weighted by atomic mass is 10.3. The van der Waals surface area contributed by atoms with Crippen molar-refractivity contribution < 1.29 is 26.5 Å². The van der Waals surface area contributed by atoms with Crippen molar-refractivity contribution in [2.45, 2.75) is 16.1 Å².